The second-order valence-electron chi connectivity index (χ2n) is 6.32. The van der Waals surface area contributed by atoms with Gasteiger partial charge >= 0.3 is 0 Å². The molecule has 0 aliphatic carbocycles. The number of rotatable bonds is 3. The monoisotopic (exact) mass is 378 g/mol. The third-order valence-electron chi connectivity index (χ3n) is 4.46. The van der Waals surface area contributed by atoms with E-state index < -0.39 is 5.91 Å². The Hall–Kier alpha value is -3.68. The minimum Gasteiger partial charge on any atom is -0.486 e. The molecule has 8 nitrogen and oxygen atoms in total. The molecule has 0 bridgehead atoms. The Balaban J connectivity index is 1.62. The fourth-order valence-electron chi connectivity index (χ4n) is 2.99. The van der Waals surface area contributed by atoms with E-state index in [9.17, 15) is 9.59 Å². The summed E-state index contributed by atoms with van der Waals surface area (Å²) in [5, 5.41) is 9.18. The van der Waals surface area contributed by atoms with Gasteiger partial charge in [-0.3, -0.25) is 9.59 Å². The zero-order chi connectivity index (χ0) is 19.7. The standard InChI is InChI=1S/C20H18N4O4/c1-12(13-7-8-16-17(11-13)28-10-9-27-16)21-22-19(25)18-14-5-3-4-6-15(14)20(26)24(2)23-18/h3-8,11H,9-10H2,1-2H3,(H,22,25)/b21-12+. The number of amides is 1. The number of ether oxygens (including phenoxy) is 2. The predicted molar refractivity (Wildman–Crippen MR) is 104 cm³/mol. The summed E-state index contributed by atoms with van der Waals surface area (Å²) in [4.78, 5) is 24.8. The van der Waals surface area contributed by atoms with Gasteiger partial charge in [0, 0.05) is 18.0 Å². The topological polar surface area (TPSA) is 94.8 Å². The third kappa shape index (κ3) is 3.20. The summed E-state index contributed by atoms with van der Waals surface area (Å²) in [6.07, 6.45) is 0. The molecule has 1 aliphatic heterocycles. The molecule has 8 heteroatoms. The Bertz CT molecular complexity index is 1170. The SMILES string of the molecule is C/C(=N\NC(=O)c1nn(C)c(=O)c2ccccc12)c1ccc2c(c1)OCCO2. The fourth-order valence-corrected chi connectivity index (χ4v) is 2.99. The van der Waals surface area contributed by atoms with Gasteiger partial charge in [0.05, 0.1) is 11.1 Å². The minimum atomic E-state index is -0.497. The van der Waals surface area contributed by atoms with Crippen molar-refractivity contribution in [3.63, 3.8) is 0 Å². The summed E-state index contributed by atoms with van der Waals surface area (Å²) >= 11 is 0. The van der Waals surface area contributed by atoms with Gasteiger partial charge in [-0.05, 0) is 31.2 Å². The van der Waals surface area contributed by atoms with E-state index in [1.165, 1.54) is 7.05 Å². The van der Waals surface area contributed by atoms with Crippen molar-refractivity contribution < 1.29 is 14.3 Å². The molecule has 0 atom stereocenters. The van der Waals surface area contributed by atoms with Crippen LogP contribution in [0.3, 0.4) is 0 Å². The van der Waals surface area contributed by atoms with E-state index in [-0.39, 0.29) is 11.3 Å². The molecule has 1 amide bonds. The molecule has 0 unspecified atom stereocenters. The van der Waals surface area contributed by atoms with Crippen molar-refractivity contribution in [2.75, 3.05) is 13.2 Å². The molecule has 0 fully saturated rings. The number of hydrogen-bond acceptors (Lipinski definition) is 6. The molecule has 1 aromatic heterocycles. The van der Waals surface area contributed by atoms with Crippen LogP contribution in [0.5, 0.6) is 11.5 Å². The molecule has 1 N–H and O–H groups in total. The van der Waals surface area contributed by atoms with Crippen LogP contribution in [-0.4, -0.2) is 34.6 Å². The van der Waals surface area contributed by atoms with Crippen LogP contribution in [0.15, 0.2) is 52.4 Å². The molecule has 1 aliphatic rings. The smallest absolute Gasteiger partial charge is 0.292 e. The number of aryl methyl sites for hydroxylation is 1. The van der Waals surface area contributed by atoms with Crippen LogP contribution in [0.2, 0.25) is 0 Å². The number of fused-ring (bicyclic) bond motifs is 2. The molecule has 0 saturated heterocycles. The molecular formula is C20H18N4O4. The van der Waals surface area contributed by atoms with Crippen LogP contribution in [0, 0.1) is 0 Å². The van der Waals surface area contributed by atoms with E-state index in [1.807, 2.05) is 18.2 Å². The lowest BCUT2D eigenvalue weighted by Crippen LogP contribution is -2.27. The molecule has 4 rings (SSSR count). The summed E-state index contributed by atoms with van der Waals surface area (Å²) in [6.45, 7) is 2.79. The Labute approximate surface area is 160 Å². The molecule has 28 heavy (non-hydrogen) atoms. The largest absolute Gasteiger partial charge is 0.486 e. The molecule has 2 aromatic carbocycles. The number of hydrazone groups is 1. The highest BCUT2D eigenvalue weighted by molar-refractivity contribution is 6.06. The summed E-state index contributed by atoms with van der Waals surface area (Å²) < 4.78 is 12.2. The normalized spacial score (nSPS) is 13.4. The highest BCUT2D eigenvalue weighted by atomic mass is 16.6. The first kappa shape index (κ1) is 17.7. The Morgan fingerprint density at radius 1 is 1.11 bits per heavy atom. The molecule has 3 aromatic rings. The quantitative estimate of drug-likeness (QED) is 0.554. The van der Waals surface area contributed by atoms with Crippen molar-refractivity contribution in [3.05, 3.63) is 64.1 Å². The lowest BCUT2D eigenvalue weighted by atomic mass is 10.1. The van der Waals surface area contributed by atoms with E-state index in [0.717, 1.165) is 10.2 Å². The maximum atomic E-state index is 12.6. The summed E-state index contributed by atoms with van der Waals surface area (Å²) in [5.41, 5.74) is 3.78. The zero-order valence-corrected chi connectivity index (χ0v) is 15.4. The number of hydrogen-bond donors (Lipinski definition) is 1. The Morgan fingerprint density at radius 2 is 1.82 bits per heavy atom. The van der Waals surface area contributed by atoms with Gasteiger partial charge in [-0.1, -0.05) is 18.2 Å². The van der Waals surface area contributed by atoms with Crippen LogP contribution >= 0.6 is 0 Å². The summed E-state index contributed by atoms with van der Waals surface area (Å²) in [5.74, 6) is 0.840. The third-order valence-corrected chi connectivity index (χ3v) is 4.46. The summed E-state index contributed by atoms with van der Waals surface area (Å²) in [7, 11) is 1.51. The minimum absolute atomic E-state index is 0.136. The van der Waals surface area contributed by atoms with Crippen molar-refractivity contribution in [2.24, 2.45) is 12.1 Å². The highest BCUT2D eigenvalue weighted by Gasteiger charge is 2.16. The van der Waals surface area contributed by atoms with Crippen LogP contribution < -0.4 is 20.5 Å². The van der Waals surface area contributed by atoms with Crippen molar-refractivity contribution >= 4 is 22.4 Å². The van der Waals surface area contributed by atoms with E-state index in [0.29, 0.717) is 41.2 Å². The average molecular weight is 378 g/mol. The highest BCUT2D eigenvalue weighted by Crippen LogP contribution is 2.30. The first-order valence-electron chi connectivity index (χ1n) is 8.75. The summed E-state index contributed by atoms with van der Waals surface area (Å²) in [6, 6.07) is 12.3. The lowest BCUT2D eigenvalue weighted by Gasteiger charge is -2.18. The maximum absolute atomic E-state index is 12.6. The first-order valence-corrected chi connectivity index (χ1v) is 8.75. The van der Waals surface area contributed by atoms with Crippen LogP contribution in [-0.2, 0) is 7.05 Å². The predicted octanol–water partition coefficient (Wildman–Crippen LogP) is 1.86. The molecule has 2 heterocycles. The lowest BCUT2D eigenvalue weighted by molar-refractivity contribution is 0.0949. The number of benzene rings is 2. The second kappa shape index (κ2) is 7.15. The fraction of sp³-hybridized carbons (Fsp3) is 0.200. The van der Waals surface area contributed by atoms with Crippen molar-refractivity contribution in [2.45, 2.75) is 6.92 Å². The van der Waals surface area contributed by atoms with Gasteiger partial charge in [0.1, 0.15) is 13.2 Å². The van der Waals surface area contributed by atoms with Gasteiger partial charge in [0.25, 0.3) is 11.5 Å². The number of carbonyl (C=O) groups excluding carboxylic acids is 1. The molecule has 0 spiro atoms. The van der Waals surface area contributed by atoms with Crippen LogP contribution in [0.1, 0.15) is 23.0 Å². The maximum Gasteiger partial charge on any atom is 0.292 e. The van der Waals surface area contributed by atoms with E-state index in [2.05, 4.69) is 15.6 Å². The zero-order valence-electron chi connectivity index (χ0n) is 15.4. The number of nitrogens with zero attached hydrogens (tertiary/aromatic N) is 3. The van der Waals surface area contributed by atoms with Crippen molar-refractivity contribution in [1.29, 1.82) is 0 Å². The molecule has 0 radical (unpaired) electrons. The van der Waals surface area contributed by atoms with Gasteiger partial charge in [0.2, 0.25) is 0 Å². The van der Waals surface area contributed by atoms with E-state index in [1.54, 1.807) is 31.2 Å². The van der Waals surface area contributed by atoms with Crippen LogP contribution in [0.4, 0.5) is 0 Å². The number of nitrogens with one attached hydrogen (secondary N) is 1. The van der Waals surface area contributed by atoms with Gasteiger partial charge in [-0.25, -0.2) is 10.1 Å². The van der Waals surface area contributed by atoms with Crippen molar-refractivity contribution in [3.8, 4) is 11.5 Å². The van der Waals surface area contributed by atoms with Crippen LogP contribution in [0.25, 0.3) is 10.8 Å². The van der Waals surface area contributed by atoms with Gasteiger partial charge in [-0.15, -0.1) is 0 Å². The molecule has 142 valence electrons. The second-order valence-corrected chi connectivity index (χ2v) is 6.32. The van der Waals surface area contributed by atoms with E-state index in [4.69, 9.17) is 9.47 Å². The van der Waals surface area contributed by atoms with Gasteiger partial charge in [-0.2, -0.15) is 10.2 Å². The number of aromatic nitrogens is 2. The first-order chi connectivity index (χ1) is 13.5. The Kier molecular flexibility index (Phi) is 4.52. The molecular weight excluding hydrogens is 360 g/mol. The van der Waals surface area contributed by atoms with Crippen molar-refractivity contribution in [1.82, 2.24) is 15.2 Å². The van der Waals surface area contributed by atoms with E-state index >= 15 is 0 Å². The molecule has 0 saturated carbocycles. The van der Waals surface area contributed by atoms with Gasteiger partial charge in [0.15, 0.2) is 17.2 Å². The average Bonchev–Trinajstić information content (AvgIpc) is 2.74. The number of carbonyl (C=O) groups is 1. The Morgan fingerprint density at radius 3 is 2.61 bits per heavy atom. The van der Waals surface area contributed by atoms with Gasteiger partial charge < -0.3 is 9.47 Å².